The van der Waals surface area contributed by atoms with Crippen LogP contribution < -0.4 is 32.8 Å². The van der Waals surface area contributed by atoms with E-state index in [0.29, 0.717) is 0 Å². The van der Waals surface area contributed by atoms with E-state index >= 15 is 52.7 Å². The smallest absolute Gasteiger partial charge is 0.204 e. The molecule has 0 unspecified atom stereocenters. The fraction of sp³-hybridized carbons (Fsp3) is 0.0588. The average Bonchev–Trinajstić information content (AvgIpc) is 3.38. The SMILES string of the molecule is CC1(C)c2cc(B(c3c(F)c(F)c(F)c(F)c3F)c3c(F)c(F)c(F)c(F)c3F)ccc2-c2cc3c4ccccc4c(B(c4c(F)c(F)c(F)c(F)c4F)c4c(F)c(F)c(F)c(F)c4F)cc3c3cccc1c23. The molecule has 0 amide bonds. The van der Waals surface area contributed by atoms with Crippen LogP contribution in [0.4, 0.5) is 87.8 Å². The maximum atomic E-state index is 16.0. The lowest BCUT2D eigenvalue weighted by Crippen LogP contribution is -2.58. The molecule has 0 aliphatic heterocycles. The third-order valence-electron chi connectivity index (χ3n) is 13.5. The summed E-state index contributed by atoms with van der Waals surface area (Å²) >= 11 is 0. The highest BCUT2D eigenvalue weighted by Gasteiger charge is 2.45. The van der Waals surface area contributed by atoms with Crippen molar-refractivity contribution in [2.45, 2.75) is 19.3 Å². The first-order chi connectivity index (χ1) is 34.4. The highest BCUT2D eigenvalue weighted by Crippen LogP contribution is 2.50. The second kappa shape index (κ2) is 16.8. The highest BCUT2D eigenvalue weighted by atomic mass is 19.2. The van der Waals surface area contributed by atoms with Gasteiger partial charge in [-0.05, 0) is 60.6 Å². The summed E-state index contributed by atoms with van der Waals surface area (Å²) in [4.78, 5) is 0. The minimum Gasteiger partial charge on any atom is -0.204 e. The van der Waals surface area contributed by atoms with Crippen molar-refractivity contribution in [3.05, 3.63) is 200 Å². The molecule has 0 saturated carbocycles. The van der Waals surface area contributed by atoms with Crippen molar-refractivity contribution in [1.82, 2.24) is 0 Å². The topological polar surface area (TPSA) is 0 Å². The average molecular weight is 1030 g/mol. The van der Waals surface area contributed by atoms with Gasteiger partial charge in [0.05, 0.1) is 0 Å². The molecule has 0 spiro atoms. The summed E-state index contributed by atoms with van der Waals surface area (Å²) in [6.07, 6.45) is 0. The van der Waals surface area contributed by atoms with E-state index in [1.807, 2.05) is 0 Å². The standard InChI is InChI=1S/C51H18B2F20/c1-51(2)23-9-5-8-19-21-14-25(53(29-35(58)43(66)49(72)44(67)36(29)59)30-37(60)45(68)50(73)46(69)38(30)61)18-7-4-3-6-16(18)20(21)13-22(26(19)23)17-11-10-15(12-24(17)51)52(27-31(54)39(62)47(70)40(63)32(27)55)28-33(56)41(64)48(71)42(65)34(28)57/h3-14H,1-2H3. The van der Waals surface area contributed by atoms with E-state index in [2.05, 4.69) is 0 Å². The van der Waals surface area contributed by atoms with Crippen LogP contribution in [0.25, 0.3) is 43.4 Å². The predicted octanol–water partition coefficient (Wildman–Crippen LogP) is 11.3. The first kappa shape index (κ1) is 49.1. The molecule has 0 bridgehead atoms. The molecule has 9 aromatic carbocycles. The monoisotopic (exact) mass is 1030 g/mol. The molecule has 9 aromatic rings. The van der Waals surface area contributed by atoms with Gasteiger partial charge >= 0.3 is 0 Å². The third kappa shape index (κ3) is 6.66. The predicted molar refractivity (Wildman–Crippen MR) is 231 cm³/mol. The van der Waals surface area contributed by atoms with E-state index in [9.17, 15) is 35.1 Å². The molecule has 1 aliphatic rings. The Balaban J connectivity index is 1.30. The van der Waals surface area contributed by atoms with Gasteiger partial charge in [-0.3, -0.25) is 0 Å². The Morgan fingerprint density at radius 2 is 0.644 bits per heavy atom. The molecule has 0 fully saturated rings. The number of hydrogen-bond donors (Lipinski definition) is 0. The summed E-state index contributed by atoms with van der Waals surface area (Å²) < 4.78 is 304. The normalized spacial score (nSPS) is 12.9. The van der Waals surface area contributed by atoms with Crippen LogP contribution in [0.3, 0.4) is 0 Å². The molecule has 0 atom stereocenters. The van der Waals surface area contributed by atoms with Crippen LogP contribution in [0.15, 0.2) is 72.8 Å². The summed E-state index contributed by atoms with van der Waals surface area (Å²) in [5.41, 5.74) is -10.4. The number of fused-ring (bicyclic) bond motifs is 6. The van der Waals surface area contributed by atoms with Gasteiger partial charge in [0.1, 0.15) is 0 Å². The van der Waals surface area contributed by atoms with E-state index in [-0.39, 0.29) is 54.6 Å². The lowest BCUT2D eigenvalue weighted by molar-refractivity contribution is 0.382. The molecule has 368 valence electrons. The van der Waals surface area contributed by atoms with Crippen LogP contribution in [-0.4, -0.2) is 13.4 Å². The van der Waals surface area contributed by atoms with Gasteiger partial charge in [-0.15, -0.1) is 0 Å². The number of halogens is 20. The summed E-state index contributed by atoms with van der Waals surface area (Å²) in [6, 6.07) is 14.7. The van der Waals surface area contributed by atoms with Crippen LogP contribution in [0, 0.1) is 116 Å². The van der Waals surface area contributed by atoms with Gasteiger partial charge in [-0.25, -0.2) is 87.8 Å². The van der Waals surface area contributed by atoms with Gasteiger partial charge in [0.2, 0.25) is 0 Å². The Morgan fingerprint density at radius 3 is 1.07 bits per heavy atom. The number of hydrogen-bond acceptors (Lipinski definition) is 0. The van der Waals surface area contributed by atoms with Crippen molar-refractivity contribution in [2.24, 2.45) is 0 Å². The maximum absolute atomic E-state index is 16.0. The van der Waals surface area contributed by atoms with E-state index in [4.69, 9.17) is 0 Å². The summed E-state index contributed by atoms with van der Waals surface area (Å²) in [7, 11) is 0. The molecular formula is C51H18B2F20. The largest absolute Gasteiger partial charge is 0.257 e. The van der Waals surface area contributed by atoms with E-state index in [1.54, 1.807) is 0 Å². The molecule has 1 aliphatic carbocycles. The van der Waals surface area contributed by atoms with E-state index < -0.39 is 168 Å². The van der Waals surface area contributed by atoms with Crippen molar-refractivity contribution in [3.8, 4) is 11.1 Å². The Kier molecular flexibility index (Phi) is 11.3. The Bertz CT molecular complexity index is 3730. The molecule has 0 nitrogen and oxygen atoms in total. The van der Waals surface area contributed by atoms with Crippen molar-refractivity contribution >= 4 is 78.5 Å². The van der Waals surface area contributed by atoms with Gasteiger partial charge < -0.3 is 0 Å². The Hall–Kier alpha value is -7.51. The third-order valence-corrected chi connectivity index (χ3v) is 13.5. The number of rotatable bonds is 6. The van der Waals surface area contributed by atoms with Gasteiger partial charge in [0.15, 0.2) is 116 Å². The second-order valence-electron chi connectivity index (χ2n) is 17.5. The lowest BCUT2D eigenvalue weighted by atomic mass is 9.35. The zero-order valence-electron chi connectivity index (χ0n) is 36.1. The fourth-order valence-corrected chi connectivity index (χ4v) is 10.1. The van der Waals surface area contributed by atoms with Crippen molar-refractivity contribution in [1.29, 1.82) is 0 Å². The van der Waals surface area contributed by atoms with Gasteiger partial charge in [0.25, 0.3) is 13.4 Å². The van der Waals surface area contributed by atoms with Crippen LogP contribution in [0.2, 0.25) is 0 Å². The molecule has 0 N–H and O–H groups in total. The van der Waals surface area contributed by atoms with Crippen LogP contribution in [-0.2, 0) is 5.41 Å². The quantitative estimate of drug-likeness (QED) is 0.0512. The lowest BCUT2D eigenvalue weighted by Gasteiger charge is -2.36. The minimum absolute atomic E-state index is 0.0284. The first-order valence-corrected chi connectivity index (χ1v) is 21.0. The van der Waals surface area contributed by atoms with Crippen molar-refractivity contribution in [2.75, 3.05) is 0 Å². The van der Waals surface area contributed by atoms with Gasteiger partial charge in [-0.2, -0.15) is 0 Å². The Morgan fingerprint density at radius 1 is 0.288 bits per heavy atom. The van der Waals surface area contributed by atoms with Gasteiger partial charge in [-0.1, -0.05) is 91.5 Å². The Labute approximate surface area is 396 Å². The molecule has 73 heavy (non-hydrogen) atoms. The molecule has 0 heterocycles. The molecular weight excluding hydrogens is 1010 g/mol. The molecule has 10 rings (SSSR count). The first-order valence-electron chi connectivity index (χ1n) is 21.0. The van der Waals surface area contributed by atoms with Crippen LogP contribution in [0.5, 0.6) is 0 Å². The fourth-order valence-electron chi connectivity index (χ4n) is 10.1. The van der Waals surface area contributed by atoms with E-state index in [1.165, 1.54) is 56.3 Å². The summed E-state index contributed by atoms with van der Waals surface area (Å²) in [5, 5.41) is 0.0343. The molecule has 0 saturated heterocycles. The molecule has 22 heteroatoms. The highest BCUT2D eigenvalue weighted by molar-refractivity contribution is 6.97. The second-order valence-corrected chi connectivity index (χ2v) is 17.5. The molecule has 0 radical (unpaired) electrons. The van der Waals surface area contributed by atoms with Gasteiger partial charge in [0, 0.05) is 27.3 Å². The van der Waals surface area contributed by atoms with Crippen LogP contribution in [0.1, 0.15) is 25.0 Å². The summed E-state index contributed by atoms with van der Waals surface area (Å²) in [6.45, 7) is -2.97. The minimum atomic E-state index is -2.99. The van der Waals surface area contributed by atoms with Crippen molar-refractivity contribution < 1.29 is 87.8 Å². The van der Waals surface area contributed by atoms with E-state index in [0.717, 1.165) is 30.3 Å². The number of benzene rings is 9. The summed E-state index contributed by atoms with van der Waals surface area (Å²) in [5.74, 6) is -53.4. The maximum Gasteiger partial charge on any atom is 0.257 e. The zero-order valence-corrected chi connectivity index (χ0v) is 36.1. The van der Waals surface area contributed by atoms with Crippen molar-refractivity contribution in [3.63, 3.8) is 0 Å². The van der Waals surface area contributed by atoms with Crippen LogP contribution >= 0.6 is 0 Å². The molecule has 0 aromatic heterocycles. The zero-order chi connectivity index (χ0) is 52.9.